The average molecular weight is 200 g/mol. The molecule has 1 aromatic heterocycles. The molecule has 2 nitrogen and oxygen atoms in total. The van der Waals surface area contributed by atoms with Crippen LogP contribution in [-0.4, -0.2) is 23.0 Å². The van der Waals surface area contributed by atoms with Gasteiger partial charge in [0.25, 0.3) is 0 Å². The molecule has 0 radical (unpaired) electrons. The fourth-order valence-corrected chi connectivity index (χ4v) is 2.89. The fourth-order valence-electron chi connectivity index (χ4n) is 2.89. The lowest BCUT2D eigenvalue weighted by molar-refractivity contribution is 0.250. The van der Waals surface area contributed by atoms with E-state index in [0.29, 0.717) is 18.0 Å². The lowest BCUT2D eigenvalue weighted by atomic mass is 9.96. The lowest BCUT2D eigenvalue weighted by Crippen LogP contribution is -2.28. The molecule has 2 bridgehead atoms. The molecule has 1 aromatic rings. The van der Waals surface area contributed by atoms with Crippen LogP contribution in [0.5, 0.6) is 0 Å². The quantitative estimate of drug-likeness (QED) is 0.647. The molecule has 2 heterocycles. The maximum Gasteiger partial charge on any atom is 0.0429 e. The minimum atomic E-state index is 0.549. The van der Waals surface area contributed by atoms with Crippen molar-refractivity contribution in [3.63, 3.8) is 0 Å². The van der Waals surface area contributed by atoms with Gasteiger partial charge in [-0.15, -0.1) is 0 Å². The van der Waals surface area contributed by atoms with Gasteiger partial charge in [-0.1, -0.05) is 18.2 Å². The molecule has 2 aliphatic rings. The van der Waals surface area contributed by atoms with Crippen molar-refractivity contribution in [2.45, 2.75) is 25.4 Å². The van der Waals surface area contributed by atoms with Gasteiger partial charge in [-0.05, 0) is 37.9 Å². The second kappa shape index (κ2) is 3.17. The third-order valence-electron chi connectivity index (χ3n) is 3.74. The first-order chi connectivity index (χ1) is 7.25. The monoisotopic (exact) mass is 200 g/mol. The van der Waals surface area contributed by atoms with Crippen molar-refractivity contribution in [3.05, 3.63) is 41.7 Å². The van der Waals surface area contributed by atoms with Crippen LogP contribution in [0.2, 0.25) is 0 Å². The molecule has 78 valence electrons. The Morgan fingerprint density at radius 3 is 2.80 bits per heavy atom. The summed E-state index contributed by atoms with van der Waals surface area (Å²) in [5.74, 6) is 0.699. The summed E-state index contributed by atoms with van der Waals surface area (Å²) < 4.78 is 0. The first kappa shape index (κ1) is 9.10. The predicted molar refractivity (Wildman–Crippen MR) is 60.5 cm³/mol. The van der Waals surface area contributed by atoms with E-state index in [0.717, 1.165) is 5.69 Å². The lowest BCUT2D eigenvalue weighted by Gasteiger charge is -2.28. The molecular weight excluding hydrogens is 184 g/mol. The number of rotatable bonds is 1. The third-order valence-corrected chi connectivity index (χ3v) is 3.74. The van der Waals surface area contributed by atoms with Crippen LogP contribution in [0.3, 0.4) is 0 Å². The third kappa shape index (κ3) is 1.32. The number of hydrogen-bond donors (Lipinski definition) is 0. The summed E-state index contributed by atoms with van der Waals surface area (Å²) in [6.45, 7) is 2.04. The van der Waals surface area contributed by atoms with E-state index >= 15 is 0 Å². The Balaban J connectivity index is 1.95. The Kier molecular flexibility index (Phi) is 1.93. The highest BCUT2D eigenvalue weighted by Gasteiger charge is 2.40. The van der Waals surface area contributed by atoms with E-state index in [9.17, 15) is 0 Å². The van der Waals surface area contributed by atoms with Crippen molar-refractivity contribution in [1.82, 2.24) is 9.88 Å². The van der Waals surface area contributed by atoms with E-state index in [1.54, 1.807) is 0 Å². The van der Waals surface area contributed by atoms with Crippen molar-refractivity contribution in [1.29, 1.82) is 0 Å². The number of aryl methyl sites for hydroxylation is 1. The summed E-state index contributed by atoms with van der Waals surface area (Å²) in [6, 6.07) is 5.53. The van der Waals surface area contributed by atoms with Crippen LogP contribution in [0.25, 0.3) is 0 Å². The molecule has 0 amide bonds. The summed E-state index contributed by atoms with van der Waals surface area (Å²) in [4.78, 5) is 6.86. The molecular formula is C13H16N2. The Labute approximate surface area is 90.6 Å². The molecule has 1 saturated heterocycles. The molecule has 3 atom stereocenters. The van der Waals surface area contributed by atoms with Gasteiger partial charge in [-0.3, -0.25) is 9.88 Å². The van der Waals surface area contributed by atoms with Crippen molar-refractivity contribution in [3.8, 4) is 0 Å². The number of likely N-dealkylation sites (tertiary alicyclic amines) is 1. The topological polar surface area (TPSA) is 16.1 Å². The van der Waals surface area contributed by atoms with Crippen LogP contribution in [0.1, 0.15) is 23.7 Å². The van der Waals surface area contributed by atoms with Crippen molar-refractivity contribution in [2.75, 3.05) is 7.05 Å². The first-order valence-corrected chi connectivity index (χ1v) is 5.58. The average Bonchev–Trinajstić information content (AvgIpc) is 2.80. The zero-order chi connectivity index (χ0) is 10.4. The highest BCUT2D eigenvalue weighted by molar-refractivity contribution is 5.26. The summed E-state index contributed by atoms with van der Waals surface area (Å²) >= 11 is 0. The van der Waals surface area contributed by atoms with Gasteiger partial charge >= 0.3 is 0 Å². The fraction of sp³-hybridized carbons (Fsp3) is 0.462. The minimum Gasteiger partial charge on any atom is -0.292 e. The van der Waals surface area contributed by atoms with Gasteiger partial charge in [-0.25, -0.2) is 0 Å². The van der Waals surface area contributed by atoms with Gasteiger partial charge < -0.3 is 0 Å². The van der Waals surface area contributed by atoms with Crippen LogP contribution < -0.4 is 0 Å². The smallest absolute Gasteiger partial charge is 0.0429 e. The van der Waals surface area contributed by atoms with Gasteiger partial charge in [0.15, 0.2) is 0 Å². The normalized spacial score (nSPS) is 33.9. The molecule has 0 aromatic carbocycles. The summed E-state index contributed by atoms with van der Waals surface area (Å²) in [5.41, 5.74) is 2.46. The number of nitrogens with zero attached hydrogens (tertiary/aromatic N) is 2. The molecule has 1 fully saturated rings. The number of likely N-dealkylation sites (N-methyl/N-ethyl adjacent to an activating group) is 1. The minimum absolute atomic E-state index is 0.549. The second-order valence-corrected chi connectivity index (χ2v) is 4.70. The zero-order valence-electron chi connectivity index (χ0n) is 9.22. The van der Waals surface area contributed by atoms with E-state index < -0.39 is 0 Å². The SMILES string of the molecule is Cc1ccc(C2C3C=CC(C3)N2C)cn1. The van der Waals surface area contributed by atoms with E-state index in [2.05, 4.69) is 41.2 Å². The van der Waals surface area contributed by atoms with Gasteiger partial charge in [-0.2, -0.15) is 0 Å². The molecule has 15 heavy (non-hydrogen) atoms. The zero-order valence-corrected chi connectivity index (χ0v) is 9.22. The molecule has 0 spiro atoms. The van der Waals surface area contributed by atoms with Gasteiger partial charge in [0.2, 0.25) is 0 Å². The van der Waals surface area contributed by atoms with Crippen LogP contribution >= 0.6 is 0 Å². The van der Waals surface area contributed by atoms with Crippen molar-refractivity contribution >= 4 is 0 Å². The van der Waals surface area contributed by atoms with Crippen molar-refractivity contribution < 1.29 is 0 Å². The highest BCUT2D eigenvalue weighted by Crippen LogP contribution is 2.44. The molecule has 1 aliphatic carbocycles. The van der Waals surface area contributed by atoms with Crippen LogP contribution in [-0.2, 0) is 0 Å². The maximum atomic E-state index is 4.39. The molecule has 0 N–H and O–H groups in total. The first-order valence-electron chi connectivity index (χ1n) is 5.58. The van der Waals surface area contributed by atoms with Gasteiger partial charge in [0.05, 0.1) is 0 Å². The van der Waals surface area contributed by atoms with Crippen LogP contribution in [0.15, 0.2) is 30.5 Å². The molecule has 1 aliphatic heterocycles. The molecule has 3 rings (SSSR count). The van der Waals surface area contributed by atoms with Crippen LogP contribution in [0, 0.1) is 12.8 Å². The number of fused-ring (bicyclic) bond motifs is 2. The standard InChI is InChI=1S/C13H16N2/c1-9-3-4-11(8-14-9)13-10-5-6-12(7-10)15(13)2/h3-6,8,10,12-13H,7H2,1-2H3. The second-order valence-electron chi connectivity index (χ2n) is 4.70. The maximum absolute atomic E-state index is 4.39. The highest BCUT2D eigenvalue weighted by atomic mass is 15.2. The Morgan fingerprint density at radius 1 is 1.33 bits per heavy atom. The summed E-state index contributed by atoms with van der Waals surface area (Å²) in [7, 11) is 2.22. The number of hydrogen-bond acceptors (Lipinski definition) is 2. The molecule has 0 saturated carbocycles. The summed E-state index contributed by atoms with van der Waals surface area (Å²) in [6.07, 6.45) is 8.03. The largest absolute Gasteiger partial charge is 0.292 e. The molecule has 3 unspecified atom stereocenters. The van der Waals surface area contributed by atoms with Crippen molar-refractivity contribution in [2.24, 2.45) is 5.92 Å². The van der Waals surface area contributed by atoms with E-state index in [-0.39, 0.29) is 0 Å². The van der Waals surface area contributed by atoms with Gasteiger partial charge in [0.1, 0.15) is 0 Å². The number of aromatic nitrogens is 1. The Morgan fingerprint density at radius 2 is 2.20 bits per heavy atom. The predicted octanol–water partition coefficient (Wildman–Crippen LogP) is 2.32. The number of pyridine rings is 1. The Hall–Kier alpha value is -1.15. The van der Waals surface area contributed by atoms with E-state index in [1.165, 1.54) is 12.0 Å². The van der Waals surface area contributed by atoms with Gasteiger partial charge in [0, 0.05) is 24.0 Å². The molecule has 2 heteroatoms. The summed E-state index contributed by atoms with van der Waals surface area (Å²) in [5, 5.41) is 0. The van der Waals surface area contributed by atoms with E-state index in [4.69, 9.17) is 0 Å². The Bertz CT molecular complexity index is 394. The van der Waals surface area contributed by atoms with E-state index in [1.807, 2.05) is 13.1 Å². The van der Waals surface area contributed by atoms with Crippen LogP contribution in [0.4, 0.5) is 0 Å².